The van der Waals surface area contributed by atoms with Crippen molar-refractivity contribution in [1.82, 2.24) is 4.57 Å². The first kappa shape index (κ1) is 39.4. The lowest BCUT2D eigenvalue weighted by molar-refractivity contribution is 1.18. The lowest BCUT2D eigenvalue weighted by Crippen LogP contribution is -2.10. The van der Waals surface area contributed by atoms with Gasteiger partial charge in [0.1, 0.15) is 0 Å². The maximum absolute atomic E-state index is 2.46. The minimum Gasteiger partial charge on any atom is -0.310 e. The molecule has 0 spiro atoms. The van der Waals surface area contributed by atoms with Crippen LogP contribution in [0.3, 0.4) is 0 Å². The summed E-state index contributed by atoms with van der Waals surface area (Å²) in [5.41, 5.74) is 16.2. The fourth-order valence-electron chi connectivity index (χ4n) is 10.5. The van der Waals surface area contributed by atoms with Crippen molar-refractivity contribution in [2.75, 3.05) is 4.90 Å². The molecule has 0 fully saturated rings. The molecule has 68 heavy (non-hydrogen) atoms. The highest BCUT2D eigenvalue weighted by atomic mass is 15.1. The predicted molar refractivity (Wildman–Crippen MR) is 290 cm³/mol. The molecule has 0 aliphatic rings. The van der Waals surface area contributed by atoms with Crippen molar-refractivity contribution in [2.45, 2.75) is 0 Å². The zero-order valence-corrected chi connectivity index (χ0v) is 37.3. The highest BCUT2D eigenvalue weighted by molar-refractivity contribution is 6.18. The fourth-order valence-corrected chi connectivity index (χ4v) is 10.5. The molecule has 1 aromatic heterocycles. The van der Waals surface area contributed by atoms with Gasteiger partial charge in [-0.25, -0.2) is 0 Å². The van der Waals surface area contributed by atoms with Crippen molar-refractivity contribution in [1.29, 1.82) is 0 Å². The van der Waals surface area contributed by atoms with E-state index < -0.39 is 0 Å². The molecule has 12 aromatic carbocycles. The van der Waals surface area contributed by atoms with Crippen molar-refractivity contribution in [3.05, 3.63) is 267 Å². The molecule has 0 N–H and O–H groups in total. The Kier molecular flexibility index (Phi) is 9.54. The van der Waals surface area contributed by atoms with E-state index in [1.807, 2.05) is 0 Å². The molecule has 13 aromatic rings. The zero-order valence-electron chi connectivity index (χ0n) is 37.3. The third kappa shape index (κ3) is 6.82. The molecule has 0 saturated heterocycles. The summed E-state index contributed by atoms with van der Waals surface area (Å²) >= 11 is 0. The van der Waals surface area contributed by atoms with Crippen LogP contribution in [0.4, 0.5) is 17.1 Å². The van der Waals surface area contributed by atoms with Crippen LogP contribution in [0, 0.1) is 0 Å². The fraction of sp³-hybridized carbons (Fsp3) is 0. The quantitative estimate of drug-likeness (QED) is 0.138. The lowest BCUT2D eigenvalue weighted by atomic mass is 9.93. The number of benzene rings is 12. The van der Waals surface area contributed by atoms with Crippen LogP contribution in [0.1, 0.15) is 0 Å². The smallest absolute Gasteiger partial charge is 0.0553 e. The van der Waals surface area contributed by atoms with Gasteiger partial charge in [-0.2, -0.15) is 0 Å². The van der Waals surface area contributed by atoms with Gasteiger partial charge in [0.2, 0.25) is 0 Å². The Balaban J connectivity index is 1.04. The number of fused-ring (bicyclic) bond motifs is 7. The van der Waals surface area contributed by atoms with Crippen molar-refractivity contribution < 1.29 is 0 Å². The maximum atomic E-state index is 2.46. The first-order chi connectivity index (χ1) is 33.7. The Morgan fingerprint density at radius 1 is 0.250 bits per heavy atom. The largest absolute Gasteiger partial charge is 0.310 e. The second-order valence-corrected chi connectivity index (χ2v) is 17.7. The topological polar surface area (TPSA) is 8.17 Å². The Morgan fingerprint density at radius 2 is 0.794 bits per heavy atom. The van der Waals surface area contributed by atoms with Gasteiger partial charge in [0.05, 0.1) is 11.0 Å². The Hall–Kier alpha value is -8.98. The second-order valence-electron chi connectivity index (χ2n) is 17.7. The predicted octanol–water partition coefficient (Wildman–Crippen LogP) is 18.4. The molecule has 0 radical (unpaired) electrons. The number of para-hydroxylation sites is 1. The highest BCUT2D eigenvalue weighted by Gasteiger charge is 2.21. The average Bonchev–Trinajstić information content (AvgIpc) is 3.75. The molecular formula is C66H44N2. The third-order valence-electron chi connectivity index (χ3n) is 13.7. The van der Waals surface area contributed by atoms with E-state index in [0.717, 1.165) is 28.3 Å². The molecule has 0 saturated carbocycles. The van der Waals surface area contributed by atoms with E-state index in [4.69, 9.17) is 0 Å². The minimum absolute atomic E-state index is 1.08. The van der Waals surface area contributed by atoms with Gasteiger partial charge in [-0.3, -0.25) is 0 Å². The molecule has 13 rings (SSSR count). The standard InChI is InChI=1S/C66H44N2/c1-4-16-45(17-5-1)50-34-38-62-64(43-50)68(54-24-8-3-9-25-54)65-44-53(46-18-6-2-7-19-46)42-63(66(62)65)51-23-14-26-56(40-51)67(57-37-39-61-52(41-57)31-30-48-21-11-13-28-59(48)61)55-35-32-49(33-36-55)60-29-15-22-47-20-10-12-27-58(47)60/h1-44H. The SMILES string of the molecule is c1ccc(-c2ccc3c4c(-c5cccc(N(c6ccc(-c7cccc8ccccc78)cc6)c6ccc7c(ccc8ccccc87)c6)c5)cc(-c5ccccc5)cc4n(-c4ccccc4)c3c2)cc1. The normalized spacial score (nSPS) is 11.5. The van der Waals surface area contributed by atoms with Gasteiger partial charge < -0.3 is 9.47 Å². The van der Waals surface area contributed by atoms with E-state index in [9.17, 15) is 0 Å². The van der Waals surface area contributed by atoms with Gasteiger partial charge in [0.25, 0.3) is 0 Å². The Bertz CT molecular complexity index is 4000. The van der Waals surface area contributed by atoms with Crippen LogP contribution in [0.15, 0.2) is 267 Å². The average molecular weight is 865 g/mol. The summed E-state index contributed by atoms with van der Waals surface area (Å²) in [6.45, 7) is 0. The molecule has 1 heterocycles. The van der Waals surface area contributed by atoms with Crippen molar-refractivity contribution in [2.24, 2.45) is 0 Å². The molecule has 0 bridgehead atoms. The summed E-state index contributed by atoms with van der Waals surface area (Å²) in [7, 11) is 0. The molecule has 0 amide bonds. The van der Waals surface area contributed by atoms with Crippen molar-refractivity contribution in [3.63, 3.8) is 0 Å². The summed E-state index contributed by atoms with van der Waals surface area (Å²) in [6, 6.07) is 97.7. The maximum Gasteiger partial charge on any atom is 0.0553 e. The molecule has 2 heteroatoms. The van der Waals surface area contributed by atoms with Crippen LogP contribution >= 0.6 is 0 Å². The van der Waals surface area contributed by atoms with Crippen LogP contribution in [0.5, 0.6) is 0 Å². The summed E-state index contributed by atoms with van der Waals surface area (Å²) in [5.74, 6) is 0. The summed E-state index contributed by atoms with van der Waals surface area (Å²) in [4.78, 5) is 2.42. The van der Waals surface area contributed by atoms with E-state index in [2.05, 4.69) is 276 Å². The number of hydrogen-bond donors (Lipinski definition) is 0. The van der Waals surface area contributed by atoms with E-state index in [-0.39, 0.29) is 0 Å². The zero-order chi connectivity index (χ0) is 45.0. The number of anilines is 3. The monoisotopic (exact) mass is 864 g/mol. The van der Waals surface area contributed by atoms with Crippen LogP contribution < -0.4 is 4.90 Å². The summed E-state index contributed by atoms with van der Waals surface area (Å²) < 4.78 is 2.46. The van der Waals surface area contributed by atoms with Gasteiger partial charge in [-0.1, -0.05) is 200 Å². The number of rotatable bonds is 8. The lowest BCUT2D eigenvalue weighted by Gasteiger charge is -2.27. The summed E-state index contributed by atoms with van der Waals surface area (Å²) in [5, 5.41) is 9.89. The molecule has 0 aliphatic carbocycles. The van der Waals surface area contributed by atoms with E-state index in [0.29, 0.717) is 0 Å². The van der Waals surface area contributed by atoms with Crippen LogP contribution in [-0.4, -0.2) is 4.57 Å². The second kappa shape index (κ2) is 16.5. The number of hydrogen-bond acceptors (Lipinski definition) is 1. The summed E-state index contributed by atoms with van der Waals surface area (Å²) in [6.07, 6.45) is 0. The number of aromatic nitrogens is 1. The molecule has 318 valence electrons. The Labute approximate surface area is 395 Å². The first-order valence-corrected chi connectivity index (χ1v) is 23.4. The van der Waals surface area contributed by atoms with Crippen LogP contribution in [-0.2, 0) is 0 Å². The molecular weight excluding hydrogens is 821 g/mol. The van der Waals surface area contributed by atoms with Gasteiger partial charge >= 0.3 is 0 Å². The van der Waals surface area contributed by atoms with E-state index in [1.54, 1.807) is 0 Å². The Morgan fingerprint density at radius 3 is 1.57 bits per heavy atom. The van der Waals surface area contributed by atoms with Gasteiger partial charge in [0.15, 0.2) is 0 Å². The molecule has 0 aliphatic heterocycles. The third-order valence-corrected chi connectivity index (χ3v) is 13.7. The molecule has 0 atom stereocenters. The van der Waals surface area contributed by atoms with Crippen molar-refractivity contribution >= 4 is 71.2 Å². The van der Waals surface area contributed by atoms with Crippen LogP contribution in [0.2, 0.25) is 0 Å². The van der Waals surface area contributed by atoms with E-state index >= 15 is 0 Å². The van der Waals surface area contributed by atoms with E-state index in [1.165, 1.54) is 93.1 Å². The molecule has 2 nitrogen and oxygen atoms in total. The van der Waals surface area contributed by atoms with Gasteiger partial charge in [-0.15, -0.1) is 0 Å². The van der Waals surface area contributed by atoms with Gasteiger partial charge in [0, 0.05) is 33.5 Å². The van der Waals surface area contributed by atoms with Gasteiger partial charge in [-0.05, 0) is 144 Å². The first-order valence-electron chi connectivity index (χ1n) is 23.4. The van der Waals surface area contributed by atoms with Crippen molar-refractivity contribution in [3.8, 4) is 50.2 Å². The number of nitrogens with zero attached hydrogens (tertiary/aromatic N) is 2. The minimum atomic E-state index is 1.08. The van der Waals surface area contributed by atoms with Crippen LogP contribution in [0.25, 0.3) is 104 Å². The molecule has 0 unspecified atom stereocenters. The highest BCUT2D eigenvalue weighted by Crippen LogP contribution is 2.45.